The molecule has 0 aliphatic heterocycles. The summed E-state index contributed by atoms with van der Waals surface area (Å²) in [6.45, 7) is 2.09. The van der Waals surface area contributed by atoms with Gasteiger partial charge in [-0.1, -0.05) is 98.6 Å². The highest BCUT2D eigenvalue weighted by molar-refractivity contribution is 6.02. The molecule has 0 spiro atoms. The highest BCUT2D eigenvalue weighted by Crippen LogP contribution is 2.39. The lowest BCUT2D eigenvalue weighted by Gasteiger charge is -2.31. The Labute approximate surface area is 195 Å². The number of hydrogen-bond donors (Lipinski definition) is 1. The molecule has 5 rings (SSSR count). The van der Waals surface area contributed by atoms with Crippen LogP contribution in [0.5, 0.6) is 0 Å². The van der Waals surface area contributed by atoms with Crippen LogP contribution >= 0.6 is 0 Å². The summed E-state index contributed by atoms with van der Waals surface area (Å²) < 4.78 is 1.93. The van der Waals surface area contributed by atoms with Crippen LogP contribution < -0.4 is 5.32 Å². The smallest absolute Gasteiger partial charge is 0.256 e. The van der Waals surface area contributed by atoms with Crippen LogP contribution in [-0.2, 0) is 12.0 Å². The first-order valence-corrected chi connectivity index (χ1v) is 11.8. The number of nitrogens with one attached hydrogen (secondary N) is 1. The minimum absolute atomic E-state index is 0.0429. The van der Waals surface area contributed by atoms with Gasteiger partial charge in [0.1, 0.15) is 5.69 Å². The Hall–Kier alpha value is -3.66. The maximum absolute atomic E-state index is 14.0. The van der Waals surface area contributed by atoms with Crippen molar-refractivity contribution in [2.45, 2.75) is 44.6 Å². The minimum Gasteiger partial charge on any atom is -0.342 e. The van der Waals surface area contributed by atoms with Gasteiger partial charge in [0.25, 0.3) is 5.91 Å². The molecular formula is C29H29N3O. The van der Waals surface area contributed by atoms with E-state index < -0.39 is 0 Å². The first kappa shape index (κ1) is 21.2. The number of amides is 1. The molecule has 33 heavy (non-hydrogen) atoms. The zero-order chi connectivity index (χ0) is 22.7. The minimum atomic E-state index is -0.327. The van der Waals surface area contributed by atoms with Crippen LogP contribution in [0.2, 0.25) is 0 Å². The van der Waals surface area contributed by atoms with E-state index in [-0.39, 0.29) is 11.4 Å². The van der Waals surface area contributed by atoms with Crippen molar-refractivity contribution >= 4 is 5.91 Å². The SMILES string of the molecule is CCc1c(C(=O)NC2(c3ccccc3)CCCC2)c(-c2ccccc2)nn1-c1ccccc1. The fourth-order valence-electron chi connectivity index (χ4n) is 5.10. The van der Waals surface area contributed by atoms with Crippen LogP contribution in [0.3, 0.4) is 0 Å². The van der Waals surface area contributed by atoms with Crippen molar-refractivity contribution in [2.75, 3.05) is 0 Å². The Morgan fingerprint density at radius 2 is 1.45 bits per heavy atom. The fourth-order valence-corrected chi connectivity index (χ4v) is 5.10. The normalized spacial score (nSPS) is 14.8. The monoisotopic (exact) mass is 435 g/mol. The van der Waals surface area contributed by atoms with E-state index in [2.05, 4.69) is 36.5 Å². The maximum atomic E-state index is 14.0. The first-order valence-electron chi connectivity index (χ1n) is 11.8. The lowest BCUT2D eigenvalue weighted by molar-refractivity contribution is 0.0898. The topological polar surface area (TPSA) is 46.9 Å². The van der Waals surface area contributed by atoms with Crippen molar-refractivity contribution in [3.63, 3.8) is 0 Å². The summed E-state index contributed by atoms with van der Waals surface area (Å²) in [5, 5.41) is 8.45. The summed E-state index contributed by atoms with van der Waals surface area (Å²) in [4.78, 5) is 14.0. The molecule has 4 nitrogen and oxygen atoms in total. The second-order valence-electron chi connectivity index (χ2n) is 8.75. The Kier molecular flexibility index (Phi) is 5.82. The van der Waals surface area contributed by atoms with Crippen LogP contribution in [0, 0.1) is 0 Å². The zero-order valence-electron chi connectivity index (χ0n) is 19.0. The second-order valence-corrected chi connectivity index (χ2v) is 8.75. The molecule has 0 radical (unpaired) electrons. The van der Waals surface area contributed by atoms with Crippen molar-refractivity contribution < 1.29 is 4.79 Å². The van der Waals surface area contributed by atoms with E-state index in [1.165, 1.54) is 5.56 Å². The molecular weight excluding hydrogens is 406 g/mol. The standard InChI is InChI=1S/C29H29N3O/c1-2-25-26(28(33)30-29(20-12-13-21-29)23-16-8-4-9-17-23)27(22-14-6-3-7-15-22)31-32(25)24-18-10-5-11-19-24/h3-11,14-19H,2,12-13,20-21H2,1H3,(H,30,33). The van der Waals surface area contributed by atoms with Crippen LogP contribution in [0.25, 0.3) is 16.9 Å². The summed E-state index contributed by atoms with van der Waals surface area (Å²) in [5.41, 5.74) is 5.11. The van der Waals surface area contributed by atoms with E-state index in [9.17, 15) is 4.79 Å². The average Bonchev–Trinajstić information content (AvgIpc) is 3.51. The number of nitrogens with zero attached hydrogens (tertiary/aromatic N) is 2. The summed E-state index contributed by atoms with van der Waals surface area (Å²) in [5.74, 6) is -0.0429. The number of carbonyl (C=O) groups is 1. The van der Waals surface area contributed by atoms with Crippen LogP contribution in [0.1, 0.15) is 54.2 Å². The first-order chi connectivity index (χ1) is 16.2. The lowest BCUT2D eigenvalue weighted by atomic mass is 9.87. The molecule has 1 amide bonds. The molecule has 0 unspecified atom stereocenters. The van der Waals surface area contributed by atoms with E-state index >= 15 is 0 Å². The zero-order valence-corrected chi connectivity index (χ0v) is 19.0. The fraction of sp³-hybridized carbons (Fsp3) is 0.241. The predicted octanol–water partition coefficient (Wildman–Crippen LogP) is 6.30. The quantitative estimate of drug-likeness (QED) is 0.386. The molecule has 3 aromatic carbocycles. The van der Waals surface area contributed by atoms with Gasteiger partial charge in [-0.2, -0.15) is 5.10 Å². The predicted molar refractivity (Wildman–Crippen MR) is 132 cm³/mol. The number of para-hydroxylation sites is 1. The Bertz CT molecular complexity index is 1220. The molecule has 4 aromatic rings. The second kappa shape index (κ2) is 9.07. The molecule has 4 heteroatoms. The van der Waals surface area contributed by atoms with Gasteiger partial charge in [0.05, 0.1) is 22.5 Å². The van der Waals surface area contributed by atoms with Crippen molar-refractivity contribution in [2.24, 2.45) is 0 Å². The molecule has 1 heterocycles. The summed E-state index contributed by atoms with van der Waals surface area (Å²) in [7, 11) is 0. The Morgan fingerprint density at radius 3 is 2.06 bits per heavy atom. The Balaban J connectivity index is 1.63. The third-order valence-corrected chi connectivity index (χ3v) is 6.73. The number of carbonyl (C=O) groups excluding carboxylic acids is 1. The van der Waals surface area contributed by atoms with Gasteiger partial charge in [-0.3, -0.25) is 4.79 Å². The maximum Gasteiger partial charge on any atom is 0.256 e. The molecule has 1 fully saturated rings. The molecule has 1 saturated carbocycles. The Morgan fingerprint density at radius 1 is 0.879 bits per heavy atom. The van der Waals surface area contributed by atoms with Crippen molar-refractivity contribution in [3.05, 3.63) is 108 Å². The third kappa shape index (κ3) is 3.97. The summed E-state index contributed by atoms with van der Waals surface area (Å²) in [6, 6.07) is 30.5. The van der Waals surface area contributed by atoms with E-state index in [1.807, 2.05) is 71.4 Å². The van der Waals surface area contributed by atoms with Crippen molar-refractivity contribution in [1.82, 2.24) is 15.1 Å². The van der Waals surface area contributed by atoms with E-state index in [1.54, 1.807) is 0 Å². The van der Waals surface area contributed by atoms with Gasteiger partial charge in [0.2, 0.25) is 0 Å². The third-order valence-electron chi connectivity index (χ3n) is 6.73. The van der Waals surface area contributed by atoms with E-state index in [4.69, 9.17) is 5.10 Å². The molecule has 1 aromatic heterocycles. The van der Waals surface area contributed by atoms with Gasteiger partial charge < -0.3 is 5.32 Å². The van der Waals surface area contributed by atoms with Gasteiger partial charge in [0, 0.05) is 5.56 Å². The number of aromatic nitrogens is 2. The molecule has 1 N–H and O–H groups in total. The van der Waals surface area contributed by atoms with Crippen LogP contribution in [0.15, 0.2) is 91.0 Å². The lowest BCUT2D eigenvalue weighted by Crippen LogP contribution is -2.44. The van der Waals surface area contributed by atoms with Crippen LogP contribution in [-0.4, -0.2) is 15.7 Å². The van der Waals surface area contributed by atoms with Crippen molar-refractivity contribution in [1.29, 1.82) is 0 Å². The van der Waals surface area contributed by atoms with E-state index in [0.717, 1.165) is 48.3 Å². The van der Waals surface area contributed by atoms with E-state index in [0.29, 0.717) is 12.0 Å². The van der Waals surface area contributed by atoms with Gasteiger partial charge in [-0.05, 0) is 37.0 Å². The van der Waals surface area contributed by atoms with Gasteiger partial charge in [-0.25, -0.2) is 4.68 Å². The highest BCUT2D eigenvalue weighted by atomic mass is 16.1. The summed E-state index contributed by atoms with van der Waals surface area (Å²) in [6.07, 6.45) is 4.85. The molecule has 1 aliphatic carbocycles. The van der Waals surface area contributed by atoms with Gasteiger partial charge in [0.15, 0.2) is 0 Å². The molecule has 166 valence electrons. The molecule has 0 bridgehead atoms. The molecule has 0 saturated heterocycles. The molecule has 1 aliphatic rings. The number of rotatable bonds is 6. The highest BCUT2D eigenvalue weighted by Gasteiger charge is 2.38. The number of benzene rings is 3. The average molecular weight is 436 g/mol. The van der Waals surface area contributed by atoms with Gasteiger partial charge >= 0.3 is 0 Å². The van der Waals surface area contributed by atoms with Crippen molar-refractivity contribution in [3.8, 4) is 16.9 Å². The molecule has 0 atom stereocenters. The van der Waals surface area contributed by atoms with Crippen LogP contribution in [0.4, 0.5) is 0 Å². The largest absolute Gasteiger partial charge is 0.342 e. The van der Waals surface area contributed by atoms with Gasteiger partial charge in [-0.15, -0.1) is 0 Å². The summed E-state index contributed by atoms with van der Waals surface area (Å²) >= 11 is 0. The number of hydrogen-bond acceptors (Lipinski definition) is 2.